The molecule has 0 aromatic heterocycles. The molecule has 3 rings (SSSR count). The Balaban J connectivity index is 2.02. The van der Waals surface area contributed by atoms with Crippen LogP contribution in [0.15, 0.2) is 35.1 Å². The zero-order chi connectivity index (χ0) is 14.8. The largest absolute Gasteiger partial charge is 0.377 e. The van der Waals surface area contributed by atoms with Crippen molar-refractivity contribution in [3.8, 4) is 0 Å². The minimum Gasteiger partial charge on any atom is -0.377 e. The number of carbonyl (C=O) groups excluding carboxylic acids is 2. The third-order valence-electron chi connectivity index (χ3n) is 3.90. The normalized spacial score (nSPS) is 19.4. The van der Waals surface area contributed by atoms with E-state index in [0.717, 1.165) is 25.9 Å². The van der Waals surface area contributed by atoms with Gasteiger partial charge < -0.3 is 10.6 Å². The van der Waals surface area contributed by atoms with E-state index in [9.17, 15) is 9.59 Å². The van der Waals surface area contributed by atoms with Crippen LogP contribution in [-0.4, -0.2) is 30.7 Å². The van der Waals surface area contributed by atoms with E-state index in [-0.39, 0.29) is 17.4 Å². The molecule has 1 aromatic rings. The summed E-state index contributed by atoms with van der Waals surface area (Å²) in [6.07, 6.45) is 1.75. The monoisotopic (exact) mass is 284 g/mol. The average molecular weight is 284 g/mol. The van der Waals surface area contributed by atoms with Crippen LogP contribution in [0.3, 0.4) is 0 Å². The molecule has 21 heavy (non-hydrogen) atoms. The molecule has 1 aliphatic carbocycles. The number of allylic oxidation sites excluding steroid dienone is 1. The molecule has 0 atom stereocenters. The Kier molecular flexibility index (Phi) is 3.62. The molecule has 0 unspecified atom stereocenters. The van der Waals surface area contributed by atoms with E-state index in [1.807, 2.05) is 0 Å². The van der Waals surface area contributed by atoms with Gasteiger partial charge in [0.2, 0.25) is 5.78 Å². The van der Waals surface area contributed by atoms with E-state index in [2.05, 4.69) is 15.7 Å². The molecule has 108 valence electrons. The summed E-state index contributed by atoms with van der Waals surface area (Å²) >= 11 is 0. The topological polar surface area (TPSA) is 94.4 Å². The van der Waals surface area contributed by atoms with Crippen molar-refractivity contribution in [2.75, 3.05) is 13.1 Å². The van der Waals surface area contributed by atoms with Gasteiger partial charge in [-0.2, -0.15) is 5.11 Å². The Bertz CT molecular complexity index is 645. The molecule has 3 N–H and O–H groups in total. The first-order valence-electron chi connectivity index (χ1n) is 7.00. The average Bonchev–Trinajstić information content (AvgIpc) is 2.54. The van der Waals surface area contributed by atoms with Crippen LogP contribution in [0.1, 0.15) is 28.8 Å². The van der Waals surface area contributed by atoms with E-state index in [1.54, 1.807) is 24.3 Å². The summed E-state index contributed by atoms with van der Waals surface area (Å²) in [6.45, 7) is 1.74. The van der Waals surface area contributed by atoms with Gasteiger partial charge in [0.1, 0.15) is 11.4 Å². The number of Topliss-reactive ketones (excluding diaryl/α,β-unsaturated/α-hetero) is 2. The van der Waals surface area contributed by atoms with Crippen LogP contribution >= 0.6 is 0 Å². The fourth-order valence-electron chi connectivity index (χ4n) is 2.79. The minimum absolute atomic E-state index is 0.125. The summed E-state index contributed by atoms with van der Waals surface area (Å²) in [4.78, 5) is 24.5. The van der Waals surface area contributed by atoms with Gasteiger partial charge in [-0.15, -0.1) is 0 Å². The lowest BCUT2D eigenvalue weighted by molar-refractivity contribution is -0.112. The second-order valence-corrected chi connectivity index (χ2v) is 5.21. The number of carbonyl (C=O) groups is 2. The standard InChI is InChI=1S/C15H16N4O2/c16-19-12-10-3-1-2-4-11(10)14(20)15(21)13(12)18-9-5-7-17-8-6-9/h1-4,9,16-18H,5-8H2. The lowest BCUT2D eigenvalue weighted by atomic mass is 9.90. The molecule has 6 heteroatoms. The maximum absolute atomic E-state index is 12.3. The van der Waals surface area contributed by atoms with Gasteiger partial charge >= 0.3 is 0 Å². The van der Waals surface area contributed by atoms with Crippen molar-refractivity contribution < 1.29 is 9.59 Å². The summed E-state index contributed by atoms with van der Waals surface area (Å²) in [7, 11) is 0. The van der Waals surface area contributed by atoms with Gasteiger partial charge in [0.15, 0.2) is 0 Å². The molecule has 1 fully saturated rings. The fourth-order valence-corrected chi connectivity index (χ4v) is 2.79. The molecule has 0 bridgehead atoms. The van der Waals surface area contributed by atoms with Crippen molar-refractivity contribution in [3.05, 3.63) is 41.1 Å². The highest BCUT2D eigenvalue weighted by molar-refractivity contribution is 6.52. The zero-order valence-corrected chi connectivity index (χ0v) is 11.5. The number of nitrogens with zero attached hydrogens (tertiary/aromatic N) is 1. The number of piperidine rings is 1. The van der Waals surface area contributed by atoms with Crippen LogP contribution < -0.4 is 10.6 Å². The quantitative estimate of drug-likeness (QED) is 0.579. The van der Waals surface area contributed by atoms with Gasteiger partial charge in [-0.3, -0.25) is 9.59 Å². The summed E-state index contributed by atoms with van der Waals surface area (Å²) in [5.41, 5.74) is 8.68. The van der Waals surface area contributed by atoms with Crippen LogP contribution in [-0.2, 0) is 4.79 Å². The van der Waals surface area contributed by atoms with E-state index in [4.69, 9.17) is 5.53 Å². The summed E-state index contributed by atoms with van der Waals surface area (Å²) in [5, 5.41) is 9.88. The lowest BCUT2D eigenvalue weighted by Crippen LogP contribution is -2.43. The number of nitrogens with one attached hydrogen (secondary N) is 3. The number of fused-ring (bicyclic) bond motifs is 1. The first-order chi connectivity index (χ1) is 10.2. The van der Waals surface area contributed by atoms with E-state index in [0.29, 0.717) is 11.1 Å². The molecule has 1 aliphatic heterocycles. The molecule has 1 heterocycles. The second kappa shape index (κ2) is 5.57. The Morgan fingerprint density at radius 2 is 1.76 bits per heavy atom. The van der Waals surface area contributed by atoms with Crippen molar-refractivity contribution in [2.24, 2.45) is 5.11 Å². The minimum atomic E-state index is -0.599. The van der Waals surface area contributed by atoms with Crippen LogP contribution in [0, 0.1) is 5.53 Å². The molecule has 0 amide bonds. The van der Waals surface area contributed by atoms with Crippen LogP contribution in [0.2, 0.25) is 0 Å². The van der Waals surface area contributed by atoms with Crippen LogP contribution in [0.5, 0.6) is 0 Å². The molecule has 1 saturated heterocycles. The first kappa shape index (κ1) is 13.6. The molecule has 0 saturated carbocycles. The summed E-state index contributed by atoms with van der Waals surface area (Å²) in [6, 6.07) is 6.92. The Morgan fingerprint density at radius 3 is 2.43 bits per heavy atom. The van der Waals surface area contributed by atoms with Gasteiger partial charge in [-0.25, -0.2) is 5.53 Å². The molecule has 6 nitrogen and oxygen atoms in total. The van der Waals surface area contributed by atoms with Crippen molar-refractivity contribution in [1.82, 2.24) is 10.6 Å². The van der Waals surface area contributed by atoms with E-state index < -0.39 is 11.6 Å². The fraction of sp³-hybridized carbons (Fsp3) is 0.333. The highest BCUT2D eigenvalue weighted by atomic mass is 16.2. The van der Waals surface area contributed by atoms with Gasteiger partial charge in [-0.1, -0.05) is 24.3 Å². The maximum Gasteiger partial charge on any atom is 0.251 e. The SMILES string of the molecule is N=NC1=C(NC2CCNCC2)C(=O)C(=O)c2ccccc21. The van der Waals surface area contributed by atoms with Crippen molar-refractivity contribution >= 4 is 17.3 Å². The van der Waals surface area contributed by atoms with E-state index in [1.165, 1.54) is 0 Å². The molecule has 1 aromatic carbocycles. The number of benzene rings is 1. The predicted octanol–water partition coefficient (Wildman–Crippen LogP) is 1.49. The van der Waals surface area contributed by atoms with Crippen molar-refractivity contribution in [3.63, 3.8) is 0 Å². The highest BCUT2D eigenvalue weighted by Crippen LogP contribution is 2.29. The van der Waals surface area contributed by atoms with Gasteiger partial charge in [-0.05, 0) is 25.9 Å². The molecule has 0 spiro atoms. The third kappa shape index (κ3) is 2.38. The molecule has 0 radical (unpaired) electrons. The van der Waals surface area contributed by atoms with Crippen LogP contribution in [0.4, 0.5) is 0 Å². The summed E-state index contributed by atoms with van der Waals surface area (Å²) in [5.74, 6) is -1.13. The second-order valence-electron chi connectivity index (χ2n) is 5.21. The highest BCUT2D eigenvalue weighted by Gasteiger charge is 2.34. The Hall–Kier alpha value is -2.34. The third-order valence-corrected chi connectivity index (χ3v) is 3.90. The van der Waals surface area contributed by atoms with E-state index >= 15 is 0 Å². The van der Waals surface area contributed by atoms with Crippen molar-refractivity contribution in [1.29, 1.82) is 5.53 Å². The number of hydrogen-bond acceptors (Lipinski definition) is 6. The number of hydrogen-bond donors (Lipinski definition) is 3. The number of ketones is 2. The molecular weight excluding hydrogens is 268 g/mol. The smallest absolute Gasteiger partial charge is 0.251 e. The predicted molar refractivity (Wildman–Crippen MR) is 76.9 cm³/mol. The Morgan fingerprint density at radius 1 is 1.10 bits per heavy atom. The molecular formula is C15H16N4O2. The maximum atomic E-state index is 12.3. The zero-order valence-electron chi connectivity index (χ0n) is 11.5. The Labute approximate surface area is 122 Å². The lowest BCUT2D eigenvalue weighted by Gasteiger charge is -2.27. The van der Waals surface area contributed by atoms with Gasteiger partial charge in [0.05, 0.1) is 0 Å². The molecule has 2 aliphatic rings. The number of rotatable bonds is 3. The van der Waals surface area contributed by atoms with Crippen LogP contribution in [0.25, 0.3) is 5.70 Å². The summed E-state index contributed by atoms with van der Waals surface area (Å²) < 4.78 is 0. The van der Waals surface area contributed by atoms with Gasteiger partial charge in [0, 0.05) is 17.2 Å². The first-order valence-corrected chi connectivity index (χ1v) is 7.00. The van der Waals surface area contributed by atoms with Crippen molar-refractivity contribution in [2.45, 2.75) is 18.9 Å². The van der Waals surface area contributed by atoms with Gasteiger partial charge in [0.25, 0.3) is 5.78 Å².